The summed E-state index contributed by atoms with van der Waals surface area (Å²) in [6.07, 6.45) is -5.56. The van der Waals surface area contributed by atoms with Crippen LogP contribution < -0.4 is 10.2 Å². The number of anilines is 1. The van der Waals surface area contributed by atoms with Crippen molar-refractivity contribution in [1.29, 1.82) is 0 Å². The number of hydrogen-bond acceptors (Lipinski definition) is 6. The number of nitrogens with one attached hydrogen (secondary N) is 1. The number of thioether (sulfide) groups is 1. The molecule has 0 aliphatic carbocycles. The standard InChI is InChI=1S/C19H21ClF3N3O5S2/c1-18(2,3)31-17(28)24-7-15(27)25-16-26(13-8-33(29,30)9-14(13)32-16)10-4-5-12(20)11(6-10)19(21,22)23/h4-6,13-14H,7-9H2,1-3H3,(H,24,28)/t13-,14+/m0/s1. The van der Waals surface area contributed by atoms with Crippen molar-refractivity contribution in [2.75, 3.05) is 23.0 Å². The zero-order valence-corrected chi connectivity index (χ0v) is 20.2. The highest BCUT2D eigenvalue weighted by molar-refractivity contribution is 8.16. The van der Waals surface area contributed by atoms with Crippen molar-refractivity contribution < 1.29 is 35.9 Å². The van der Waals surface area contributed by atoms with Crippen molar-refractivity contribution in [2.45, 2.75) is 43.8 Å². The Morgan fingerprint density at radius 2 is 1.94 bits per heavy atom. The lowest BCUT2D eigenvalue weighted by Gasteiger charge is -2.25. The van der Waals surface area contributed by atoms with Crippen LogP contribution in [0.4, 0.5) is 23.7 Å². The van der Waals surface area contributed by atoms with E-state index >= 15 is 0 Å². The van der Waals surface area contributed by atoms with Gasteiger partial charge < -0.3 is 15.0 Å². The molecular weight excluding hydrogens is 507 g/mol. The van der Waals surface area contributed by atoms with Gasteiger partial charge in [-0.05, 0) is 39.0 Å². The maximum atomic E-state index is 13.4. The van der Waals surface area contributed by atoms with E-state index in [-0.39, 0.29) is 22.4 Å². The highest BCUT2D eigenvalue weighted by Crippen LogP contribution is 2.43. The predicted octanol–water partition coefficient (Wildman–Crippen LogP) is 3.48. The summed E-state index contributed by atoms with van der Waals surface area (Å²) in [5.41, 5.74) is -1.85. The van der Waals surface area contributed by atoms with Crippen LogP contribution in [0.1, 0.15) is 26.3 Å². The van der Waals surface area contributed by atoms with Gasteiger partial charge in [0, 0.05) is 10.9 Å². The van der Waals surface area contributed by atoms with Crippen LogP contribution >= 0.6 is 23.4 Å². The number of benzene rings is 1. The third-order valence-corrected chi connectivity index (χ3v) is 8.14. The first kappa shape index (κ1) is 25.6. The van der Waals surface area contributed by atoms with Crippen LogP contribution in [0.5, 0.6) is 0 Å². The highest BCUT2D eigenvalue weighted by atomic mass is 35.5. The summed E-state index contributed by atoms with van der Waals surface area (Å²) in [6, 6.07) is 2.47. The lowest BCUT2D eigenvalue weighted by Crippen LogP contribution is -2.38. The Kier molecular flexibility index (Phi) is 6.98. The van der Waals surface area contributed by atoms with E-state index in [1.807, 2.05) is 0 Å². The smallest absolute Gasteiger partial charge is 0.417 e. The van der Waals surface area contributed by atoms with Gasteiger partial charge in [0.25, 0.3) is 5.91 Å². The second kappa shape index (κ2) is 8.99. The van der Waals surface area contributed by atoms with Gasteiger partial charge in [0.1, 0.15) is 12.1 Å². The van der Waals surface area contributed by atoms with Crippen molar-refractivity contribution >= 4 is 56.1 Å². The molecular formula is C19H21ClF3N3O5S2. The molecule has 3 rings (SSSR count). The van der Waals surface area contributed by atoms with E-state index in [9.17, 15) is 31.2 Å². The number of carbonyl (C=O) groups excluding carboxylic acids is 2. The van der Waals surface area contributed by atoms with Crippen LogP contribution in [-0.4, -0.2) is 60.5 Å². The first-order valence-corrected chi connectivity index (χ1v) is 12.7. The van der Waals surface area contributed by atoms with Gasteiger partial charge in [0.2, 0.25) is 0 Å². The molecule has 2 saturated heterocycles. The summed E-state index contributed by atoms with van der Waals surface area (Å²) in [7, 11) is -3.41. The van der Waals surface area contributed by atoms with E-state index in [1.165, 1.54) is 11.0 Å². The molecule has 2 atom stereocenters. The fourth-order valence-corrected chi connectivity index (χ4v) is 7.51. The van der Waals surface area contributed by atoms with Crippen LogP contribution in [-0.2, 0) is 25.5 Å². The van der Waals surface area contributed by atoms with Crippen molar-refractivity contribution in [3.63, 3.8) is 0 Å². The van der Waals surface area contributed by atoms with Gasteiger partial charge in [-0.25, -0.2) is 13.2 Å². The molecule has 0 aromatic heterocycles. The van der Waals surface area contributed by atoms with Crippen molar-refractivity contribution in [3.8, 4) is 0 Å². The molecule has 0 saturated carbocycles. The summed E-state index contributed by atoms with van der Waals surface area (Å²) < 4.78 is 69.4. The lowest BCUT2D eigenvalue weighted by atomic mass is 10.1. The van der Waals surface area contributed by atoms with Gasteiger partial charge in [0.15, 0.2) is 15.0 Å². The minimum absolute atomic E-state index is 0.00970. The number of fused-ring (bicyclic) bond motifs is 1. The van der Waals surface area contributed by atoms with Crippen molar-refractivity contribution in [1.82, 2.24) is 5.32 Å². The van der Waals surface area contributed by atoms with Crippen LogP contribution in [0.3, 0.4) is 0 Å². The fourth-order valence-electron chi connectivity index (χ4n) is 3.35. The molecule has 1 N–H and O–H groups in total. The summed E-state index contributed by atoms with van der Waals surface area (Å²) in [6.45, 7) is 4.44. The Morgan fingerprint density at radius 3 is 2.55 bits per heavy atom. The molecule has 2 heterocycles. The number of aliphatic imine (C=N–C) groups is 1. The van der Waals surface area contributed by atoms with E-state index in [0.717, 1.165) is 23.9 Å². The topological polar surface area (TPSA) is 105 Å². The van der Waals surface area contributed by atoms with E-state index in [0.29, 0.717) is 0 Å². The molecule has 1 aromatic rings. The highest BCUT2D eigenvalue weighted by Gasteiger charge is 2.49. The molecule has 182 valence electrons. The maximum Gasteiger partial charge on any atom is 0.417 e. The third-order valence-electron chi connectivity index (χ3n) is 4.60. The number of sulfone groups is 1. The van der Waals surface area contributed by atoms with E-state index < -0.39 is 62.0 Å². The molecule has 0 unspecified atom stereocenters. The number of alkyl carbamates (subject to hydrolysis) is 1. The molecule has 2 amide bonds. The quantitative estimate of drug-likeness (QED) is 0.641. The average molecular weight is 528 g/mol. The van der Waals surface area contributed by atoms with Crippen LogP contribution in [0, 0.1) is 0 Å². The van der Waals surface area contributed by atoms with Gasteiger partial charge >= 0.3 is 12.3 Å². The molecule has 14 heteroatoms. The summed E-state index contributed by atoms with van der Waals surface area (Å²) in [4.78, 5) is 29.4. The number of amidine groups is 1. The minimum Gasteiger partial charge on any atom is -0.444 e. The number of rotatable bonds is 3. The predicted molar refractivity (Wildman–Crippen MR) is 119 cm³/mol. The van der Waals surface area contributed by atoms with Crippen LogP contribution in [0.15, 0.2) is 23.2 Å². The summed E-state index contributed by atoms with van der Waals surface area (Å²) >= 11 is 6.70. The number of hydrogen-bond donors (Lipinski definition) is 1. The normalized spacial score (nSPS) is 23.5. The maximum absolute atomic E-state index is 13.4. The largest absolute Gasteiger partial charge is 0.444 e. The Labute approximate surface area is 197 Å². The van der Waals surface area contributed by atoms with Crippen molar-refractivity contribution in [2.24, 2.45) is 4.99 Å². The second-order valence-electron chi connectivity index (χ2n) is 8.48. The molecule has 2 aliphatic rings. The molecule has 0 bridgehead atoms. The number of ether oxygens (including phenoxy) is 1. The van der Waals surface area contributed by atoms with Crippen LogP contribution in [0.25, 0.3) is 0 Å². The molecule has 33 heavy (non-hydrogen) atoms. The monoisotopic (exact) mass is 527 g/mol. The Balaban J connectivity index is 1.88. The van der Waals surface area contributed by atoms with E-state index in [2.05, 4.69) is 10.3 Å². The summed E-state index contributed by atoms with van der Waals surface area (Å²) in [5.74, 6) is -1.26. The van der Waals surface area contributed by atoms with Gasteiger partial charge in [-0.3, -0.25) is 4.79 Å². The number of nitrogens with zero attached hydrogens (tertiary/aromatic N) is 2. The first-order valence-electron chi connectivity index (χ1n) is 9.67. The van der Waals surface area contributed by atoms with E-state index in [4.69, 9.17) is 16.3 Å². The summed E-state index contributed by atoms with van der Waals surface area (Å²) in [5, 5.41) is 1.29. The SMILES string of the molecule is CC(C)(C)OC(=O)NCC(=O)N=C1S[C@@H]2CS(=O)(=O)C[C@@H]2N1c1ccc(Cl)c(C(F)(F)F)c1. The molecule has 2 fully saturated rings. The average Bonchev–Trinajstić information content (AvgIpc) is 3.09. The number of alkyl halides is 3. The Bertz CT molecular complexity index is 1100. The number of amides is 2. The lowest BCUT2D eigenvalue weighted by molar-refractivity contribution is -0.137. The number of carbonyl (C=O) groups is 2. The zero-order valence-electron chi connectivity index (χ0n) is 17.8. The van der Waals surface area contributed by atoms with Crippen LogP contribution in [0.2, 0.25) is 5.02 Å². The fraction of sp³-hybridized carbons (Fsp3) is 0.526. The molecule has 1 aromatic carbocycles. The van der Waals surface area contributed by atoms with Gasteiger partial charge in [-0.1, -0.05) is 23.4 Å². The number of halogens is 4. The zero-order chi connectivity index (χ0) is 24.8. The minimum atomic E-state index is -4.73. The van der Waals surface area contributed by atoms with Crippen molar-refractivity contribution in [3.05, 3.63) is 28.8 Å². The molecule has 8 nitrogen and oxygen atoms in total. The van der Waals surface area contributed by atoms with Gasteiger partial charge in [-0.2, -0.15) is 18.2 Å². The molecule has 0 radical (unpaired) electrons. The Hall–Kier alpha value is -1.99. The molecule has 2 aliphatic heterocycles. The van der Waals surface area contributed by atoms with E-state index in [1.54, 1.807) is 20.8 Å². The second-order valence-corrected chi connectivity index (χ2v) is 12.2. The Morgan fingerprint density at radius 1 is 1.27 bits per heavy atom. The molecule has 0 spiro atoms. The third kappa shape index (κ3) is 6.33. The van der Waals surface area contributed by atoms with Gasteiger partial charge in [0.05, 0.1) is 28.1 Å². The van der Waals surface area contributed by atoms with Gasteiger partial charge in [-0.15, -0.1) is 0 Å². The first-order chi connectivity index (χ1) is 15.1.